The van der Waals surface area contributed by atoms with Crippen LogP contribution in [0.4, 0.5) is 20.4 Å². The Morgan fingerprint density at radius 1 is 0.807 bits per heavy atom. The molecular weight excluding hydrogens is 731 g/mol. The van der Waals surface area contributed by atoms with E-state index in [1.807, 2.05) is 19.9 Å². The summed E-state index contributed by atoms with van der Waals surface area (Å²) in [5.41, 5.74) is 11.3. The van der Waals surface area contributed by atoms with Gasteiger partial charge in [0.1, 0.15) is 52.7 Å². The Hall–Kier alpha value is -6.75. The lowest BCUT2D eigenvalue weighted by Gasteiger charge is -2.26. The molecule has 2 amide bonds. The number of aromatic nitrogens is 4. The zero-order chi connectivity index (χ0) is 40.1. The molecule has 3 aliphatic rings. The summed E-state index contributed by atoms with van der Waals surface area (Å²) >= 11 is 0. The van der Waals surface area contributed by atoms with E-state index in [1.54, 1.807) is 50.6 Å². The fourth-order valence-electron chi connectivity index (χ4n) is 7.67. The number of fused-ring (bicyclic) bond motifs is 3. The summed E-state index contributed by atoms with van der Waals surface area (Å²) in [5, 5.41) is 13.8. The van der Waals surface area contributed by atoms with Crippen LogP contribution in [0.3, 0.4) is 0 Å². The van der Waals surface area contributed by atoms with Crippen molar-refractivity contribution in [2.75, 3.05) is 25.3 Å². The molecule has 2 atom stereocenters. The molecule has 288 valence electrons. The van der Waals surface area contributed by atoms with E-state index in [0.717, 1.165) is 42.5 Å². The molecule has 4 heterocycles. The predicted octanol–water partition coefficient (Wildman–Crippen LogP) is 8.29. The van der Waals surface area contributed by atoms with Gasteiger partial charge in [-0.3, -0.25) is 24.5 Å². The number of ether oxygens (including phenoxy) is 2. The number of carbonyl (C=O) groups excluding carboxylic acids is 2. The molecule has 0 radical (unpaired) electrons. The topological polar surface area (TPSA) is 169 Å². The number of methoxy groups -OCH3 is 2. The van der Waals surface area contributed by atoms with E-state index in [2.05, 4.69) is 15.3 Å². The monoisotopic (exact) mass is 768 g/mol. The van der Waals surface area contributed by atoms with E-state index >= 15 is 0 Å². The maximum absolute atomic E-state index is 13.9. The Labute approximate surface area is 326 Å². The van der Waals surface area contributed by atoms with Gasteiger partial charge < -0.3 is 20.5 Å². The van der Waals surface area contributed by atoms with Crippen LogP contribution in [0.15, 0.2) is 67.0 Å². The van der Waals surface area contributed by atoms with Crippen molar-refractivity contribution in [2.24, 2.45) is 0 Å². The van der Waals surface area contributed by atoms with Crippen molar-refractivity contribution in [1.82, 2.24) is 24.8 Å². The molecule has 12 nitrogen and oxygen atoms in total. The van der Waals surface area contributed by atoms with Crippen molar-refractivity contribution in [2.45, 2.75) is 63.5 Å². The van der Waals surface area contributed by atoms with Crippen molar-refractivity contribution < 1.29 is 27.8 Å². The standard InChI is InChI=1S/C23H19FN2O3.C20H19FN6O/c1-12(26-22(27)15-5-3-4-6-16(15)23(26)28)20-19(13-7-8-13)21(29-2)17-11-14(24)9-10-18(17)25-20;1-10(26-20-14(8-22)19(23)24-9-25-20)17-16(11-3-4-11)18(28-2)13-7-12(21)5-6-15(13)27-17/h3-6,9-13H,7-8H2,1-2H3;5-7,9-11H,3-4H2,1-2H3,(H3,23,24,25,26). The van der Waals surface area contributed by atoms with Crippen LogP contribution in [0.2, 0.25) is 0 Å². The second-order valence-electron chi connectivity index (χ2n) is 14.4. The van der Waals surface area contributed by atoms with Gasteiger partial charge in [0.15, 0.2) is 0 Å². The van der Waals surface area contributed by atoms with Gasteiger partial charge in [-0.05, 0) is 99.9 Å². The minimum absolute atomic E-state index is 0.120. The minimum atomic E-state index is -0.568. The number of pyridine rings is 2. The summed E-state index contributed by atoms with van der Waals surface area (Å²) in [6.07, 6.45) is 5.32. The average Bonchev–Trinajstić information content (AvgIpc) is 4.15. The van der Waals surface area contributed by atoms with Crippen LogP contribution < -0.4 is 20.5 Å². The van der Waals surface area contributed by atoms with Gasteiger partial charge in [-0.1, -0.05) is 12.1 Å². The van der Waals surface area contributed by atoms with Gasteiger partial charge in [-0.25, -0.2) is 18.7 Å². The Morgan fingerprint density at radius 3 is 1.81 bits per heavy atom. The maximum atomic E-state index is 13.9. The number of halogens is 2. The highest BCUT2D eigenvalue weighted by Gasteiger charge is 2.42. The Morgan fingerprint density at radius 2 is 1.32 bits per heavy atom. The second kappa shape index (κ2) is 14.7. The lowest BCUT2D eigenvalue weighted by Crippen LogP contribution is -2.33. The van der Waals surface area contributed by atoms with Crippen molar-refractivity contribution in [3.05, 3.63) is 118 Å². The molecule has 6 aromatic rings. The summed E-state index contributed by atoms with van der Waals surface area (Å²) in [4.78, 5) is 44.8. The van der Waals surface area contributed by atoms with Gasteiger partial charge in [-0.15, -0.1) is 0 Å². The normalized spacial score (nSPS) is 15.8. The number of nitrogens with one attached hydrogen (secondary N) is 1. The highest BCUT2D eigenvalue weighted by molar-refractivity contribution is 6.21. The number of carbonyl (C=O) groups is 2. The molecule has 0 saturated heterocycles. The summed E-state index contributed by atoms with van der Waals surface area (Å²) in [6, 6.07) is 16.9. The smallest absolute Gasteiger partial charge is 0.262 e. The Kier molecular flexibility index (Phi) is 9.60. The van der Waals surface area contributed by atoms with Gasteiger partial charge in [0, 0.05) is 21.9 Å². The molecule has 1 aliphatic heterocycles. The SMILES string of the molecule is COc1c(C2CC2)c(C(C)N2C(=O)c3ccccc3C2=O)nc2ccc(F)cc12.COc1c(C2CC2)c(C(C)Nc2ncnc(N)c2C#N)nc2ccc(F)cc12. The number of nitriles is 1. The summed E-state index contributed by atoms with van der Waals surface area (Å²) in [7, 11) is 3.15. The number of imide groups is 1. The third-order valence-electron chi connectivity index (χ3n) is 10.7. The molecule has 9 rings (SSSR count). The molecule has 3 N–H and O–H groups in total. The van der Waals surface area contributed by atoms with E-state index < -0.39 is 6.04 Å². The average molecular weight is 769 g/mol. The van der Waals surface area contributed by atoms with E-state index in [4.69, 9.17) is 25.2 Å². The van der Waals surface area contributed by atoms with E-state index in [-0.39, 0.29) is 46.8 Å². The number of anilines is 2. The number of nitrogens with two attached hydrogens (primary N) is 1. The first-order valence-electron chi connectivity index (χ1n) is 18.6. The molecule has 3 aromatic heterocycles. The lowest BCUT2D eigenvalue weighted by molar-refractivity contribution is 0.0591. The Balaban J connectivity index is 0.000000160. The number of rotatable bonds is 9. The largest absolute Gasteiger partial charge is 0.496 e. The first kappa shape index (κ1) is 37.2. The lowest BCUT2D eigenvalue weighted by atomic mass is 9.98. The third-order valence-corrected chi connectivity index (χ3v) is 10.7. The predicted molar refractivity (Wildman–Crippen MR) is 209 cm³/mol. The maximum Gasteiger partial charge on any atom is 0.262 e. The zero-order valence-electron chi connectivity index (χ0n) is 31.6. The molecule has 2 unspecified atom stereocenters. The Bertz CT molecular complexity index is 2620. The fourth-order valence-corrected chi connectivity index (χ4v) is 7.67. The van der Waals surface area contributed by atoms with Crippen LogP contribution in [0.5, 0.6) is 11.5 Å². The number of hydrogen-bond donors (Lipinski definition) is 2. The van der Waals surface area contributed by atoms with E-state index in [0.29, 0.717) is 61.9 Å². The zero-order valence-corrected chi connectivity index (χ0v) is 31.6. The minimum Gasteiger partial charge on any atom is -0.496 e. The first-order chi connectivity index (χ1) is 27.5. The molecule has 57 heavy (non-hydrogen) atoms. The van der Waals surface area contributed by atoms with Crippen LogP contribution in [0, 0.1) is 23.0 Å². The summed E-state index contributed by atoms with van der Waals surface area (Å²) in [6.45, 7) is 3.74. The first-order valence-corrected chi connectivity index (χ1v) is 18.6. The molecule has 3 aromatic carbocycles. The van der Waals surface area contributed by atoms with Crippen LogP contribution in [-0.2, 0) is 0 Å². The third kappa shape index (κ3) is 6.68. The van der Waals surface area contributed by atoms with Gasteiger partial charge >= 0.3 is 0 Å². The number of benzene rings is 3. The number of amides is 2. The summed E-state index contributed by atoms with van der Waals surface area (Å²) < 4.78 is 39.1. The fraction of sp³-hybridized carbons (Fsp3) is 0.279. The van der Waals surface area contributed by atoms with Crippen LogP contribution in [0.25, 0.3) is 21.8 Å². The molecule has 2 saturated carbocycles. The summed E-state index contributed by atoms with van der Waals surface area (Å²) in [5.74, 6) is 0.925. The van der Waals surface area contributed by atoms with Gasteiger partial charge in [0.05, 0.1) is 59.9 Å². The number of hydrogen-bond acceptors (Lipinski definition) is 11. The molecule has 0 spiro atoms. The van der Waals surface area contributed by atoms with Crippen LogP contribution >= 0.6 is 0 Å². The van der Waals surface area contributed by atoms with Gasteiger partial charge in [0.25, 0.3) is 11.8 Å². The van der Waals surface area contributed by atoms with Crippen molar-refractivity contribution in [3.63, 3.8) is 0 Å². The second-order valence-corrected chi connectivity index (χ2v) is 14.4. The van der Waals surface area contributed by atoms with Gasteiger partial charge in [0.2, 0.25) is 0 Å². The van der Waals surface area contributed by atoms with Gasteiger partial charge in [-0.2, -0.15) is 5.26 Å². The van der Waals surface area contributed by atoms with Crippen LogP contribution in [-0.4, -0.2) is 50.9 Å². The van der Waals surface area contributed by atoms with Crippen LogP contribution in [0.1, 0.15) is 112 Å². The van der Waals surface area contributed by atoms with E-state index in [1.165, 1.54) is 35.5 Å². The molecule has 2 aliphatic carbocycles. The van der Waals surface area contributed by atoms with E-state index in [9.17, 15) is 23.6 Å². The number of nitrogen functional groups attached to an aromatic ring is 1. The molecule has 0 bridgehead atoms. The molecule has 2 fully saturated rings. The number of nitrogens with zero attached hydrogens (tertiary/aromatic N) is 6. The van der Waals surface area contributed by atoms with Crippen molar-refractivity contribution >= 4 is 45.3 Å². The van der Waals surface area contributed by atoms with Crippen molar-refractivity contribution in [1.29, 1.82) is 5.26 Å². The highest BCUT2D eigenvalue weighted by Crippen LogP contribution is 2.51. The molecule has 14 heteroatoms. The van der Waals surface area contributed by atoms with Crippen molar-refractivity contribution in [3.8, 4) is 17.6 Å². The quantitative estimate of drug-likeness (QED) is 0.136. The molecular formula is C43H38F2N8O4. The highest BCUT2D eigenvalue weighted by atomic mass is 19.1.